The first kappa shape index (κ1) is 15.0. The molecule has 0 radical (unpaired) electrons. The van der Waals surface area contributed by atoms with E-state index in [1.54, 1.807) is 6.26 Å². The van der Waals surface area contributed by atoms with Gasteiger partial charge in [0.15, 0.2) is 0 Å². The largest absolute Gasteiger partial charge is 0.467 e. The summed E-state index contributed by atoms with van der Waals surface area (Å²) in [6, 6.07) is 16.6. The van der Waals surface area contributed by atoms with E-state index < -0.39 is 0 Å². The first-order chi connectivity index (χ1) is 11.8. The maximum atomic E-state index is 5.65. The number of furan rings is 1. The van der Waals surface area contributed by atoms with Gasteiger partial charge in [-0.05, 0) is 24.6 Å². The molecule has 1 aromatic carbocycles. The van der Waals surface area contributed by atoms with Gasteiger partial charge in [0.05, 0.1) is 18.0 Å². The van der Waals surface area contributed by atoms with E-state index in [1.807, 2.05) is 25.1 Å². The van der Waals surface area contributed by atoms with Crippen molar-refractivity contribution >= 4 is 5.82 Å². The Bertz CT molecular complexity index is 779. The third kappa shape index (κ3) is 3.08. The monoisotopic (exact) mass is 322 g/mol. The van der Waals surface area contributed by atoms with Crippen LogP contribution in [0.3, 0.4) is 0 Å². The number of nitrogens with zero attached hydrogens (tertiary/aromatic N) is 2. The Labute approximate surface area is 141 Å². The molecule has 3 aromatic rings. The second-order valence-electron chi connectivity index (χ2n) is 6.37. The highest BCUT2D eigenvalue weighted by Gasteiger charge is 2.22. The summed E-state index contributed by atoms with van der Waals surface area (Å²) in [4.78, 5) is 0. The first-order valence-electron chi connectivity index (χ1n) is 8.39. The van der Waals surface area contributed by atoms with Gasteiger partial charge in [0.2, 0.25) is 0 Å². The van der Waals surface area contributed by atoms with Gasteiger partial charge in [-0.15, -0.1) is 0 Å². The minimum absolute atomic E-state index is 0.0713. The Kier molecular flexibility index (Phi) is 4.09. The quantitative estimate of drug-likeness (QED) is 0.757. The normalized spacial score (nSPS) is 18.0. The van der Waals surface area contributed by atoms with Crippen LogP contribution in [0, 0.1) is 12.8 Å². The molecule has 124 valence electrons. The van der Waals surface area contributed by atoms with Crippen molar-refractivity contribution in [2.24, 2.45) is 5.92 Å². The standard InChI is InChI=1S/C19H22N4O/c1-14-10-18-20-11-15(13-23(18)22-14)12-21-19(17-8-5-9-24-17)16-6-3-2-4-7-16/h2-10,15,19-21H,11-13H2,1H3. The summed E-state index contributed by atoms with van der Waals surface area (Å²) >= 11 is 0. The number of aromatic nitrogens is 2. The smallest absolute Gasteiger partial charge is 0.125 e. The highest BCUT2D eigenvalue weighted by atomic mass is 16.3. The zero-order chi connectivity index (χ0) is 16.4. The predicted octanol–water partition coefficient (Wildman–Crippen LogP) is 3.21. The second kappa shape index (κ2) is 6.53. The minimum atomic E-state index is 0.0713. The van der Waals surface area contributed by atoms with Crippen molar-refractivity contribution in [3.8, 4) is 0 Å². The molecule has 4 rings (SSSR count). The molecule has 0 aliphatic carbocycles. The molecule has 2 unspecified atom stereocenters. The fraction of sp³-hybridized carbons (Fsp3) is 0.316. The third-order valence-corrected chi connectivity index (χ3v) is 4.48. The average molecular weight is 322 g/mol. The van der Waals surface area contributed by atoms with E-state index in [-0.39, 0.29) is 6.04 Å². The lowest BCUT2D eigenvalue weighted by atomic mass is 10.0. The van der Waals surface area contributed by atoms with Gasteiger partial charge in [-0.3, -0.25) is 0 Å². The van der Waals surface area contributed by atoms with Crippen LogP contribution in [0.4, 0.5) is 5.82 Å². The number of hydrogen-bond acceptors (Lipinski definition) is 4. The Balaban J connectivity index is 1.46. The maximum Gasteiger partial charge on any atom is 0.125 e. The number of hydrogen-bond donors (Lipinski definition) is 2. The van der Waals surface area contributed by atoms with Crippen LogP contribution in [0.25, 0.3) is 0 Å². The molecule has 0 spiro atoms. The zero-order valence-corrected chi connectivity index (χ0v) is 13.8. The SMILES string of the molecule is Cc1cc2n(n1)CC(CNC(c1ccccc1)c1ccco1)CN2. The van der Waals surface area contributed by atoms with E-state index in [4.69, 9.17) is 4.42 Å². The molecule has 5 nitrogen and oxygen atoms in total. The van der Waals surface area contributed by atoms with E-state index in [1.165, 1.54) is 5.56 Å². The topological polar surface area (TPSA) is 55.0 Å². The van der Waals surface area contributed by atoms with Gasteiger partial charge in [0, 0.05) is 31.6 Å². The molecular formula is C19H22N4O. The lowest BCUT2D eigenvalue weighted by molar-refractivity contribution is 0.363. The number of nitrogens with one attached hydrogen (secondary N) is 2. The van der Waals surface area contributed by atoms with Gasteiger partial charge in [0.1, 0.15) is 11.6 Å². The number of benzene rings is 1. The summed E-state index contributed by atoms with van der Waals surface area (Å²) in [6.07, 6.45) is 1.73. The van der Waals surface area contributed by atoms with Crippen molar-refractivity contribution in [1.29, 1.82) is 0 Å². The van der Waals surface area contributed by atoms with Crippen LogP contribution < -0.4 is 10.6 Å². The average Bonchev–Trinajstić information content (AvgIpc) is 3.24. The number of aryl methyl sites for hydroxylation is 1. The Hall–Kier alpha value is -2.53. The first-order valence-corrected chi connectivity index (χ1v) is 8.39. The van der Waals surface area contributed by atoms with Crippen LogP contribution >= 0.6 is 0 Å². The van der Waals surface area contributed by atoms with Crippen molar-refractivity contribution in [3.63, 3.8) is 0 Å². The summed E-state index contributed by atoms with van der Waals surface area (Å²) in [7, 11) is 0. The predicted molar refractivity (Wildman–Crippen MR) is 93.9 cm³/mol. The Morgan fingerprint density at radius 2 is 2.17 bits per heavy atom. The van der Waals surface area contributed by atoms with Crippen LogP contribution in [0.15, 0.2) is 59.2 Å². The van der Waals surface area contributed by atoms with E-state index in [2.05, 4.69) is 50.7 Å². The zero-order valence-electron chi connectivity index (χ0n) is 13.8. The fourth-order valence-electron chi connectivity index (χ4n) is 3.29. The summed E-state index contributed by atoms with van der Waals surface area (Å²) in [5.41, 5.74) is 2.27. The molecular weight excluding hydrogens is 300 g/mol. The van der Waals surface area contributed by atoms with E-state index in [0.29, 0.717) is 5.92 Å². The molecule has 2 N–H and O–H groups in total. The molecule has 1 aliphatic rings. The summed E-state index contributed by atoms with van der Waals surface area (Å²) in [5, 5.41) is 11.7. The second-order valence-corrected chi connectivity index (χ2v) is 6.37. The lowest BCUT2D eigenvalue weighted by Crippen LogP contribution is -2.37. The lowest BCUT2D eigenvalue weighted by Gasteiger charge is -2.27. The van der Waals surface area contributed by atoms with Gasteiger partial charge in [0.25, 0.3) is 0 Å². The molecule has 0 bridgehead atoms. The van der Waals surface area contributed by atoms with Crippen molar-refractivity contribution in [2.45, 2.75) is 19.5 Å². The molecule has 0 amide bonds. The van der Waals surface area contributed by atoms with Crippen molar-refractivity contribution < 1.29 is 4.42 Å². The molecule has 24 heavy (non-hydrogen) atoms. The van der Waals surface area contributed by atoms with Crippen LogP contribution in [-0.2, 0) is 6.54 Å². The maximum absolute atomic E-state index is 5.65. The van der Waals surface area contributed by atoms with Gasteiger partial charge >= 0.3 is 0 Å². The van der Waals surface area contributed by atoms with Crippen LogP contribution in [0.1, 0.15) is 23.1 Å². The molecule has 1 aliphatic heterocycles. The van der Waals surface area contributed by atoms with Gasteiger partial charge in [-0.1, -0.05) is 30.3 Å². The molecule has 5 heteroatoms. The van der Waals surface area contributed by atoms with E-state index in [0.717, 1.165) is 36.9 Å². The molecule has 0 saturated carbocycles. The van der Waals surface area contributed by atoms with Crippen molar-refractivity contribution in [1.82, 2.24) is 15.1 Å². The van der Waals surface area contributed by atoms with Gasteiger partial charge in [-0.2, -0.15) is 5.10 Å². The van der Waals surface area contributed by atoms with Crippen molar-refractivity contribution in [3.05, 3.63) is 71.8 Å². The summed E-state index contributed by atoms with van der Waals surface area (Å²) in [6.45, 7) is 4.81. The third-order valence-electron chi connectivity index (χ3n) is 4.48. The number of rotatable bonds is 5. The Morgan fingerprint density at radius 1 is 1.29 bits per heavy atom. The highest BCUT2D eigenvalue weighted by molar-refractivity contribution is 5.38. The fourth-order valence-corrected chi connectivity index (χ4v) is 3.29. The van der Waals surface area contributed by atoms with Crippen LogP contribution in [0.2, 0.25) is 0 Å². The molecule has 2 aromatic heterocycles. The minimum Gasteiger partial charge on any atom is -0.467 e. The highest BCUT2D eigenvalue weighted by Crippen LogP contribution is 2.24. The van der Waals surface area contributed by atoms with E-state index in [9.17, 15) is 0 Å². The van der Waals surface area contributed by atoms with Gasteiger partial charge < -0.3 is 15.1 Å². The van der Waals surface area contributed by atoms with Crippen LogP contribution in [0.5, 0.6) is 0 Å². The van der Waals surface area contributed by atoms with Gasteiger partial charge in [-0.25, -0.2) is 4.68 Å². The Morgan fingerprint density at radius 3 is 2.96 bits per heavy atom. The molecule has 3 heterocycles. The van der Waals surface area contributed by atoms with E-state index >= 15 is 0 Å². The number of fused-ring (bicyclic) bond motifs is 1. The molecule has 2 atom stereocenters. The molecule has 0 saturated heterocycles. The van der Waals surface area contributed by atoms with Crippen molar-refractivity contribution in [2.75, 3.05) is 18.4 Å². The summed E-state index contributed by atoms with van der Waals surface area (Å²) < 4.78 is 7.72. The van der Waals surface area contributed by atoms with Crippen LogP contribution in [-0.4, -0.2) is 22.9 Å². The number of anilines is 1. The summed E-state index contributed by atoms with van der Waals surface area (Å²) in [5.74, 6) is 2.55. The molecule has 0 fully saturated rings.